The second-order valence-corrected chi connectivity index (χ2v) is 6.44. The number of piperidine rings is 1. The first kappa shape index (κ1) is 16.0. The van der Waals surface area contributed by atoms with Gasteiger partial charge in [0.15, 0.2) is 0 Å². The predicted octanol–water partition coefficient (Wildman–Crippen LogP) is 3.16. The van der Waals surface area contributed by atoms with Crippen LogP contribution in [0.15, 0.2) is 30.3 Å². The SMILES string of the molecule is CC(C)C(CC(=O)N1CCCCC1CN)c1ccccc1. The topological polar surface area (TPSA) is 46.3 Å². The van der Waals surface area contributed by atoms with Crippen molar-refractivity contribution in [3.8, 4) is 0 Å². The Balaban J connectivity index is 2.08. The molecule has 1 fully saturated rings. The molecule has 2 unspecified atom stereocenters. The monoisotopic (exact) mass is 288 g/mol. The molecular weight excluding hydrogens is 260 g/mol. The average Bonchev–Trinajstić information content (AvgIpc) is 2.52. The largest absolute Gasteiger partial charge is 0.338 e. The summed E-state index contributed by atoms with van der Waals surface area (Å²) < 4.78 is 0. The zero-order valence-electron chi connectivity index (χ0n) is 13.3. The zero-order chi connectivity index (χ0) is 15.2. The highest BCUT2D eigenvalue weighted by atomic mass is 16.2. The van der Waals surface area contributed by atoms with E-state index in [1.165, 1.54) is 12.0 Å². The maximum atomic E-state index is 12.7. The summed E-state index contributed by atoms with van der Waals surface area (Å²) in [5.41, 5.74) is 7.11. The fourth-order valence-electron chi connectivity index (χ4n) is 3.32. The molecule has 0 aromatic heterocycles. The van der Waals surface area contributed by atoms with Crippen molar-refractivity contribution in [2.45, 2.75) is 51.5 Å². The molecule has 21 heavy (non-hydrogen) atoms. The Bertz CT molecular complexity index is 444. The molecule has 1 aromatic rings. The molecule has 0 saturated carbocycles. The van der Waals surface area contributed by atoms with Gasteiger partial charge in [-0.3, -0.25) is 4.79 Å². The Morgan fingerprint density at radius 1 is 1.29 bits per heavy atom. The lowest BCUT2D eigenvalue weighted by atomic mass is 9.85. The van der Waals surface area contributed by atoms with E-state index in [0.29, 0.717) is 24.8 Å². The van der Waals surface area contributed by atoms with Gasteiger partial charge in [0.2, 0.25) is 5.91 Å². The Morgan fingerprint density at radius 2 is 2.00 bits per heavy atom. The number of carbonyl (C=O) groups is 1. The number of hydrogen-bond donors (Lipinski definition) is 1. The number of nitrogens with zero attached hydrogens (tertiary/aromatic N) is 1. The lowest BCUT2D eigenvalue weighted by Gasteiger charge is -2.36. The molecule has 1 aliphatic rings. The fourth-order valence-corrected chi connectivity index (χ4v) is 3.32. The van der Waals surface area contributed by atoms with Crippen molar-refractivity contribution in [3.05, 3.63) is 35.9 Å². The Kier molecular flexibility index (Phi) is 5.80. The molecule has 1 aromatic carbocycles. The van der Waals surface area contributed by atoms with Crippen molar-refractivity contribution >= 4 is 5.91 Å². The third-order valence-electron chi connectivity index (χ3n) is 4.65. The van der Waals surface area contributed by atoms with Crippen LogP contribution in [0.1, 0.15) is 51.0 Å². The lowest BCUT2D eigenvalue weighted by molar-refractivity contribution is -0.135. The molecule has 2 rings (SSSR count). The van der Waals surface area contributed by atoms with Gasteiger partial charge in [0.05, 0.1) is 0 Å². The van der Waals surface area contributed by atoms with Crippen LogP contribution in [0.3, 0.4) is 0 Å². The number of amides is 1. The van der Waals surface area contributed by atoms with Crippen LogP contribution in [0.5, 0.6) is 0 Å². The number of benzene rings is 1. The molecule has 2 atom stereocenters. The minimum Gasteiger partial charge on any atom is -0.338 e. The van der Waals surface area contributed by atoms with E-state index in [1.807, 2.05) is 11.0 Å². The summed E-state index contributed by atoms with van der Waals surface area (Å²) in [5, 5.41) is 0. The highest BCUT2D eigenvalue weighted by Gasteiger charge is 2.28. The Hall–Kier alpha value is -1.35. The van der Waals surface area contributed by atoms with Crippen LogP contribution in [0.25, 0.3) is 0 Å². The molecule has 0 bridgehead atoms. The van der Waals surface area contributed by atoms with Crippen LogP contribution >= 0.6 is 0 Å². The van der Waals surface area contributed by atoms with Crippen molar-refractivity contribution in [1.29, 1.82) is 0 Å². The van der Waals surface area contributed by atoms with Gasteiger partial charge in [-0.1, -0.05) is 44.2 Å². The first-order valence-electron chi connectivity index (χ1n) is 8.18. The number of rotatable bonds is 5. The van der Waals surface area contributed by atoms with Crippen LogP contribution in [0, 0.1) is 5.92 Å². The molecule has 116 valence electrons. The summed E-state index contributed by atoms with van der Waals surface area (Å²) in [6.07, 6.45) is 3.95. The first-order valence-corrected chi connectivity index (χ1v) is 8.18. The number of nitrogens with two attached hydrogens (primary N) is 1. The quantitative estimate of drug-likeness (QED) is 0.904. The number of carbonyl (C=O) groups excluding carboxylic acids is 1. The summed E-state index contributed by atoms with van der Waals surface area (Å²) in [6.45, 7) is 5.85. The standard InChI is InChI=1S/C18H28N2O/c1-14(2)17(15-8-4-3-5-9-15)12-18(21)20-11-7-6-10-16(20)13-19/h3-5,8-9,14,16-17H,6-7,10-13,19H2,1-2H3. The molecule has 3 nitrogen and oxygen atoms in total. The van der Waals surface area contributed by atoms with Gasteiger partial charge in [0, 0.05) is 25.6 Å². The highest BCUT2D eigenvalue weighted by Crippen LogP contribution is 2.29. The molecule has 1 amide bonds. The van der Waals surface area contributed by atoms with E-state index in [0.717, 1.165) is 19.4 Å². The van der Waals surface area contributed by atoms with Crippen LogP contribution < -0.4 is 5.73 Å². The second kappa shape index (κ2) is 7.60. The molecule has 1 saturated heterocycles. The maximum Gasteiger partial charge on any atom is 0.223 e. The van der Waals surface area contributed by atoms with Crippen LogP contribution in [-0.4, -0.2) is 29.9 Å². The average molecular weight is 288 g/mol. The molecule has 0 radical (unpaired) electrons. The molecule has 0 aliphatic carbocycles. The van der Waals surface area contributed by atoms with Gasteiger partial charge in [-0.25, -0.2) is 0 Å². The molecule has 3 heteroatoms. The van der Waals surface area contributed by atoms with Crippen molar-refractivity contribution in [2.24, 2.45) is 11.7 Å². The smallest absolute Gasteiger partial charge is 0.223 e. The van der Waals surface area contributed by atoms with E-state index in [9.17, 15) is 4.79 Å². The van der Waals surface area contributed by atoms with Gasteiger partial charge in [-0.05, 0) is 36.7 Å². The van der Waals surface area contributed by atoms with Gasteiger partial charge >= 0.3 is 0 Å². The van der Waals surface area contributed by atoms with Crippen molar-refractivity contribution in [2.75, 3.05) is 13.1 Å². The van der Waals surface area contributed by atoms with E-state index in [2.05, 4.69) is 38.1 Å². The van der Waals surface area contributed by atoms with E-state index in [-0.39, 0.29) is 11.9 Å². The molecule has 0 spiro atoms. The summed E-state index contributed by atoms with van der Waals surface area (Å²) in [4.78, 5) is 14.8. The molecule has 1 aliphatic heterocycles. The summed E-state index contributed by atoms with van der Waals surface area (Å²) in [5.74, 6) is 1.02. The first-order chi connectivity index (χ1) is 10.1. The lowest BCUT2D eigenvalue weighted by Crippen LogP contribution is -2.47. The molecule has 1 heterocycles. The van der Waals surface area contributed by atoms with Gasteiger partial charge in [0.25, 0.3) is 0 Å². The van der Waals surface area contributed by atoms with E-state index in [4.69, 9.17) is 5.73 Å². The van der Waals surface area contributed by atoms with Gasteiger partial charge in [0.1, 0.15) is 0 Å². The van der Waals surface area contributed by atoms with Crippen molar-refractivity contribution in [1.82, 2.24) is 4.90 Å². The molecule has 2 N–H and O–H groups in total. The number of likely N-dealkylation sites (tertiary alicyclic amines) is 1. The third kappa shape index (κ3) is 4.07. The summed E-state index contributed by atoms with van der Waals surface area (Å²) in [6, 6.07) is 10.6. The van der Waals surface area contributed by atoms with Crippen molar-refractivity contribution < 1.29 is 4.79 Å². The predicted molar refractivity (Wildman–Crippen MR) is 87.0 cm³/mol. The summed E-state index contributed by atoms with van der Waals surface area (Å²) in [7, 11) is 0. The second-order valence-electron chi connectivity index (χ2n) is 6.44. The third-order valence-corrected chi connectivity index (χ3v) is 4.65. The van der Waals surface area contributed by atoms with Crippen LogP contribution in [0.2, 0.25) is 0 Å². The van der Waals surface area contributed by atoms with Crippen LogP contribution in [-0.2, 0) is 4.79 Å². The highest BCUT2D eigenvalue weighted by molar-refractivity contribution is 5.77. The Morgan fingerprint density at radius 3 is 2.62 bits per heavy atom. The van der Waals surface area contributed by atoms with E-state index < -0.39 is 0 Å². The number of hydrogen-bond acceptors (Lipinski definition) is 2. The minimum atomic E-state index is 0.245. The Labute approximate surface area is 128 Å². The summed E-state index contributed by atoms with van der Waals surface area (Å²) >= 11 is 0. The van der Waals surface area contributed by atoms with Crippen LogP contribution in [0.4, 0.5) is 0 Å². The fraction of sp³-hybridized carbons (Fsp3) is 0.611. The zero-order valence-corrected chi connectivity index (χ0v) is 13.3. The van der Waals surface area contributed by atoms with E-state index >= 15 is 0 Å². The van der Waals surface area contributed by atoms with E-state index in [1.54, 1.807) is 0 Å². The minimum absolute atomic E-state index is 0.245. The normalized spacial score (nSPS) is 20.6. The van der Waals surface area contributed by atoms with Gasteiger partial charge in [-0.15, -0.1) is 0 Å². The van der Waals surface area contributed by atoms with Crippen molar-refractivity contribution in [3.63, 3.8) is 0 Å². The molecular formula is C18H28N2O. The van der Waals surface area contributed by atoms with Gasteiger partial charge in [-0.2, -0.15) is 0 Å². The van der Waals surface area contributed by atoms with Gasteiger partial charge < -0.3 is 10.6 Å². The maximum absolute atomic E-state index is 12.7.